The second kappa shape index (κ2) is 7.35. The number of benzene rings is 1. The molecule has 0 bridgehead atoms. The normalized spacial score (nSPS) is 20.8. The number of hydrogen-bond donors (Lipinski definition) is 2. The van der Waals surface area contributed by atoms with E-state index in [0.29, 0.717) is 12.0 Å². The summed E-state index contributed by atoms with van der Waals surface area (Å²) in [6.07, 6.45) is 1.98. The van der Waals surface area contributed by atoms with E-state index in [0.717, 1.165) is 4.90 Å². The van der Waals surface area contributed by atoms with E-state index < -0.39 is 33.7 Å². The third kappa shape index (κ3) is 4.97. The van der Waals surface area contributed by atoms with Crippen LogP contribution in [0.15, 0.2) is 29.2 Å². The van der Waals surface area contributed by atoms with Crippen molar-refractivity contribution in [2.24, 2.45) is 5.92 Å². The number of carbonyl (C=O) groups excluding carboxylic acids is 1. The summed E-state index contributed by atoms with van der Waals surface area (Å²) >= 11 is 1.57. The highest BCUT2D eigenvalue weighted by Gasteiger charge is 2.34. The number of thioether (sulfide) groups is 1. The molecule has 0 aliphatic carbocycles. The van der Waals surface area contributed by atoms with E-state index in [1.54, 1.807) is 23.9 Å². The van der Waals surface area contributed by atoms with Crippen molar-refractivity contribution in [3.05, 3.63) is 29.8 Å². The minimum atomic E-state index is -3.15. The molecule has 1 aromatic carbocycles. The predicted molar refractivity (Wildman–Crippen MR) is 88.1 cm³/mol. The average Bonchev–Trinajstić information content (AvgIpc) is 2.86. The first kappa shape index (κ1) is 17.8. The van der Waals surface area contributed by atoms with E-state index in [-0.39, 0.29) is 17.9 Å². The molecule has 6 nitrogen and oxygen atoms in total. The quantitative estimate of drug-likeness (QED) is 0.748. The molecule has 2 rings (SSSR count). The first-order chi connectivity index (χ1) is 10.8. The van der Waals surface area contributed by atoms with Gasteiger partial charge in [0, 0.05) is 4.90 Å². The van der Waals surface area contributed by atoms with Crippen molar-refractivity contribution >= 4 is 33.5 Å². The van der Waals surface area contributed by atoms with Gasteiger partial charge in [0.25, 0.3) is 0 Å². The van der Waals surface area contributed by atoms with Crippen molar-refractivity contribution in [1.82, 2.24) is 5.32 Å². The number of nitrogens with one attached hydrogen (secondary N) is 1. The number of rotatable bonds is 6. The number of hydrogen-bond acceptors (Lipinski definition) is 5. The van der Waals surface area contributed by atoms with Crippen molar-refractivity contribution in [3.63, 3.8) is 0 Å². The van der Waals surface area contributed by atoms with Gasteiger partial charge in [-0.1, -0.05) is 12.1 Å². The Bertz CT molecular complexity index is 684. The lowest BCUT2D eigenvalue weighted by molar-refractivity contribution is -0.137. The molecule has 1 fully saturated rings. The summed E-state index contributed by atoms with van der Waals surface area (Å²) in [6.45, 7) is 0. The van der Waals surface area contributed by atoms with Crippen molar-refractivity contribution in [2.75, 3.05) is 17.8 Å². The van der Waals surface area contributed by atoms with Gasteiger partial charge in [-0.2, -0.15) is 0 Å². The lowest BCUT2D eigenvalue weighted by atomic mass is 10.0. The Kier molecular flexibility index (Phi) is 5.69. The van der Waals surface area contributed by atoms with Crippen LogP contribution in [-0.4, -0.2) is 43.2 Å². The summed E-state index contributed by atoms with van der Waals surface area (Å²) in [6, 6.07) is 6.62. The summed E-state index contributed by atoms with van der Waals surface area (Å²) in [5.74, 6) is -2.17. The highest BCUT2D eigenvalue weighted by atomic mass is 32.2. The maximum atomic E-state index is 12.2. The molecule has 1 aliphatic rings. The maximum absolute atomic E-state index is 12.2. The third-order valence-corrected chi connectivity index (χ3v) is 6.33. The molecule has 1 aliphatic heterocycles. The Balaban J connectivity index is 2.11. The van der Waals surface area contributed by atoms with Crippen LogP contribution in [0, 0.1) is 5.92 Å². The first-order valence-corrected chi connectivity index (χ1v) is 10.2. The van der Waals surface area contributed by atoms with Gasteiger partial charge >= 0.3 is 5.97 Å². The average molecular weight is 357 g/mol. The van der Waals surface area contributed by atoms with E-state index in [4.69, 9.17) is 5.11 Å². The molecule has 2 unspecified atom stereocenters. The van der Waals surface area contributed by atoms with E-state index in [1.807, 2.05) is 18.4 Å². The second-order valence-electron chi connectivity index (χ2n) is 5.53. The van der Waals surface area contributed by atoms with Crippen LogP contribution in [0.3, 0.4) is 0 Å². The van der Waals surface area contributed by atoms with Gasteiger partial charge in [-0.3, -0.25) is 9.59 Å². The van der Waals surface area contributed by atoms with E-state index in [1.165, 1.54) is 0 Å². The fraction of sp³-hybridized carbons (Fsp3) is 0.467. The molecule has 2 atom stereocenters. The number of carbonyl (C=O) groups is 2. The number of aliphatic carboxylic acids is 1. The molecule has 8 heteroatoms. The van der Waals surface area contributed by atoms with E-state index in [2.05, 4.69) is 5.32 Å². The van der Waals surface area contributed by atoms with Crippen LogP contribution in [0.4, 0.5) is 0 Å². The number of carboxylic acid groups (broad SMARTS) is 1. The Morgan fingerprint density at radius 1 is 1.35 bits per heavy atom. The minimum absolute atomic E-state index is 0.0110. The summed E-state index contributed by atoms with van der Waals surface area (Å²) in [4.78, 5) is 24.3. The highest BCUT2D eigenvalue weighted by molar-refractivity contribution is 7.98. The Morgan fingerprint density at radius 3 is 2.48 bits per heavy atom. The SMILES string of the molecule is CSc1ccc(C(CC(=O)O)NC(=O)C2CCS(=O)(=O)C2)cc1. The van der Waals surface area contributed by atoms with Crippen LogP contribution in [0.5, 0.6) is 0 Å². The number of amides is 1. The fourth-order valence-electron chi connectivity index (χ4n) is 2.55. The summed E-state index contributed by atoms with van der Waals surface area (Å²) in [7, 11) is -3.15. The van der Waals surface area contributed by atoms with Crippen molar-refractivity contribution in [2.45, 2.75) is 23.8 Å². The molecule has 1 amide bonds. The van der Waals surface area contributed by atoms with Gasteiger partial charge in [0.05, 0.1) is 29.9 Å². The van der Waals surface area contributed by atoms with Crippen molar-refractivity contribution in [1.29, 1.82) is 0 Å². The molecular formula is C15H19NO5S2. The van der Waals surface area contributed by atoms with Crippen LogP contribution in [-0.2, 0) is 19.4 Å². The Morgan fingerprint density at radius 2 is 2.00 bits per heavy atom. The smallest absolute Gasteiger partial charge is 0.305 e. The maximum Gasteiger partial charge on any atom is 0.305 e. The molecule has 1 heterocycles. The van der Waals surface area contributed by atoms with E-state index >= 15 is 0 Å². The van der Waals surface area contributed by atoms with Gasteiger partial charge in [0.2, 0.25) is 5.91 Å². The molecule has 1 saturated heterocycles. The second-order valence-corrected chi connectivity index (χ2v) is 8.64. The summed E-state index contributed by atoms with van der Waals surface area (Å²) in [5, 5.41) is 11.7. The molecule has 0 saturated carbocycles. The molecule has 0 spiro atoms. The topological polar surface area (TPSA) is 101 Å². The highest BCUT2D eigenvalue weighted by Crippen LogP contribution is 2.24. The van der Waals surface area contributed by atoms with E-state index in [9.17, 15) is 18.0 Å². The Labute approximate surface area is 139 Å². The fourth-order valence-corrected chi connectivity index (χ4v) is 4.70. The first-order valence-electron chi connectivity index (χ1n) is 7.17. The molecule has 2 N–H and O–H groups in total. The van der Waals surface area contributed by atoms with Gasteiger partial charge in [0.15, 0.2) is 9.84 Å². The monoisotopic (exact) mass is 357 g/mol. The van der Waals surface area contributed by atoms with Crippen molar-refractivity contribution < 1.29 is 23.1 Å². The van der Waals surface area contributed by atoms with Crippen LogP contribution >= 0.6 is 11.8 Å². The minimum Gasteiger partial charge on any atom is -0.481 e. The molecule has 1 aromatic rings. The van der Waals surface area contributed by atoms with Gasteiger partial charge in [-0.05, 0) is 30.4 Å². The molecule has 23 heavy (non-hydrogen) atoms. The zero-order chi connectivity index (χ0) is 17.0. The van der Waals surface area contributed by atoms with Crippen molar-refractivity contribution in [3.8, 4) is 0 Å². The summed E-state index contributed by atoms with van der Waals surface area (Å²) in [5.41, 5.74) is 0.694. The third-order valence-electron chi connectivity index (χ3n) is 3.82. The van der Waals surface area contributed by atoms with Gasteiger partial charge in [-0.25, -0.2) is 8.42 Å². The lowest BCUT2D eigenvalue weighted by Gasteiger charge is -2.19. The van der Waals surface area contributed by atoms with Gasteiger partial charge in [0.1, 0.15) is 0 Å². The summed E-state index contributed by atoms with van der Waals surface area (Å²) < 4.78 is 22.9. The predicted octanol–water partition coefficient (Wildman–Crippen LogP) is 1.48. The van der Waals surface area contributed by atoms with Crippen LogP contribution in [0.2, 0.25) is 0 Å². The van der Waals surface area contributed by atoms with Crippen LogP contribution in [0.25, 0.3) is 0 Å². The molecular weight excluding hydrogens is 338 g/mol. The molecule has 126 valence electrons. The van der Waals surface area contributed by atoms with Gasteiger partial charge < -0.3 is 10.4 Å². The zero-order valence-electron chi connectivity index (χ0n) is 12.7. The zero-order valence-corrected chi connectivity index (χ0v) is 14.3. The number of carboxylic acids is 1. The molecule has 0 aromatic heterocycles. The number of sulfone groups is 1. The van der Waals surface area contributed by atoms with Crippen LogP contribution < -0.4 is 5.32 Å². The standard InChI is InChI=1S/C15H19NO5S2/c1-22-12-4-2-10(3-5-12)13(8-14(17)18)16-15(19)11-6-7-23(20,21)9-11/h2-5,11,13H,6-9H2,1H3,(H,16,19)(H,17,18). The largest absolute Gasteiger partial charge is 0.481 e. The van der Waals surface area contributed by atoms with Crippen LogP contribution in [0.1, 0.15) is 24.4 Å². The Hall–Kier alpha value is -1.54. The lowest BCUT2D eigenvalue weighted by Crippen LogP contribution is -2.35. The van der Waals surface area contributed by atoms with Gasteiger partial charge in [-0.15, -0.1) is 11.8 Å². The molecule has 0 radical (unpaired) electrons.